The van der Waals surface area contributed by atoms with Crippen molar-refractivity contribution in [3.63, 3.8) is 0 Å². The van der Waals surface area contributed by atoms with Crippen molar-refractivity contribution in [2.75, 3.05) is 0 Å². The van der Waals surface area contributed by atoms with Crippen LogP contribution in [0.15, 0.2) is 46.8 Å². The van der Waals surface area contributed by atoms with E-state index in [1.54, 1.807) is 0 Å². The van der Waals surface area contributed by atoms with Crippen LogP contribution in [0.5, 0.6) is 0 Å². The number of fused-ring (bicyclic) bond motifs is 2. The molecule has 0 aliphatic heterocycles. The van der Waals surface area contributed by atoms with E-state index in [-0.39, 0.29) is 0 Å². The summed E-state index contributed by atoms with van der Waals surface area (Å²) in [4.78, 5) is 14.1. The summed E-state index contributed by atoms with van der Waals surface area (Å²) in [6, 6.07) is 14.2. The fourth-order valence-corrected chi connectivity index (χ4v) is 9.35. The molecule has 0 unspecified atom stereocenters. The lowest BCUT2D eigenvalue weighted by Crippen LogP contribution is -2.35. The Bertz CT molecular complexity index is 1070. The highest BCUT2D eigenvalue weighted by Crippen LogP contribution is 2.51. The predicted molar refractivity (Wildman–Crippen MR) is 133 cm³/mol. The molecule has 30 heavy (non-hydrogen) atoms. The zero-order valence-corrected chi connectivity index (χ0v) is 21.2. The highest BCUT2D eigenvalue weighted by atomic mass is 28.3. The van der Waals surface area contributed by atoms with E-state index in [9.17, 15) is 4.79 Å². The van der Waals surface area contributed by atoms with Crippen molar-refractivity contribution in [3.8, 4) is 0 Å². The van der Waals surface area contributed by atoms with Crippen molar-refractivity contribution in [1.29, 1.82) is 0 Å². The number of ketones is 1. The van der Waals surface area contributed by atoms with Crippen LogP contribution >= 0.6 is 0 Å². The second-order valence-electron chi connectivity index (χ2n) is 11.3. The minimum Gasteiger partial charge on any atom is -0.290 e. The van der Waals surface area contributed by atoms with Gasteiger partial charge in [-0.15, -0.1) is 0 Å². The maximum Gasteiger partial charge on any atom is 0.178 e. The van der Waals surface area contributed by atoms with Gasteiger partial charge in [-0.2, -0.15) is 0 Å². The lowest BCUT2D eigenvalue weighted by Gasteiger charge is -2.27. The largest absolute Gasteiger partial charge is 0.290 e. The van der Waals surface area contributed by atoms with Gasteiger partial charge in [0.15, 0.2) is 5.78 Å². The Hall–Kier alpha value is -1.98. The van der Waals surface area contributed by atoms with Gasteiger partial charge in [0.25, 0.3) is 0 Å². The summed E-state index contributed by atoms with van der Waals surface area (Å²) in [6.07, 6.45) is 4.23. The van der Waals surface area contributed by atoms with Crippen LogP contribution in [-0.4, -0.2) is 21.9 Å². The molecule has 3 heteroatoms. The number of hydrogen-bond acceptors (Lipinski definition) is 1. The molecule has 3 aliphatic rings. The quantitative estimate of drug-likeness (QED) is 0.504. The molecule has 0 N–H and O–H groups in total. The number of carbonyl (C=O) groups excluding carboxylic acids is 1. The Morgan fingerprint density at radius 2 is 1.00 bits per heavy atom. The molecule has 4 bridgehead atoms. The Kier molecular flexibility index (Phi) is 4.33. The molecule has 0 saturated carbocycles. The summed E-state index contributed by atoms with van der Waals surface area (Å²) in [5.74, 6) is 0.382. The molecule has 0 fully saturated rings. The van der Waals surface area contributed by atoms with Crippen molar-refractivity contribution in [2.45, 2.75) is 65.0 Å². The molecule has 3 aliphatic carbocycles. The number of carbonyl (C=O) groups is 1. The molecule has 2 aromatic rings. The highest BCUT2D eigenvalue weighted by Gasteiger charge is 2.45. The number of aryl methyl sites for hydroxylation is 4. The number of rotatable bonds is 2. The Morgan fingerprint density at radius 3 is 1.37 bits per heavy atom. The van der Waals surface area contributed by atoms with Crippen LogP contribution in [-0.2, 0) is 30.5 Å². The van der Waals surface area contributed by atoms with Gasteiger partial charge in [0.05, 0.1) is 16.1 Å². The minimum atomic E-state index is -1.85. The van der Waals surface area contributed by atoms with Crippen LogP contribution < -0.4 is 0 Å². The van der Waals surface area contributed by atoms with Gasteiger partial charge in [0, 0.05) is 0 Å². The number of Topliss-reactive ketones (excluding diaryl/α,β-unsaturated/α-hetero) is 1. The van der Waals surface area contributed by atoms with E-state index in [2.05, 4.69) is 75.7 Å². The lowest BCUT2D eigenvalue weighted by atomic mass is 9.81. The van der Waals surface area contributed by atoms with Crippen molar-refractivity contribution < 1.29 is 4.79 Å². The van der Waals surface area contributed by atoms with Gasteiger partial charge in [0.1, 0.15) is 0 Å². The van der Waals surface area contributed by atoms with Crippen molar-refractivity contribution in [1.82, 2.24) is 0 Å². The van der Waals surface area contributed by atoms with Gasteiger partial charge in [-0.3, -0.25) is 4.79 Å². The van der Waals surface area contributed by atoms with Crippen LogP contribution in [0.4, 0.5) is 0 Å². The summed E-state index contributed by atoms with van der Waals surface area (Å²) in [5.41, 5.74) is 11.0. The van der Waals surface area contributed by atoms with Crippen LogP contribution in [0.25, 0.3) is 11.1 Å². The minimum absolute atomic E-state index is 0.382. The maximum atomic E-state index is 14.1. The number of hydrogen-bond donors (Lipinski definition) is 0. The molecular formula is C27H32OSi2. The molecule has 0 saturated heterocycles. The zero-order valence-electron chi connectivity index (χ0n) is 19.2. The third-order valence-electron chi connectivity index (χ3n) is 6.96. The van der Waals surface area contributed by atoms with E-state index in [4.69, 9.17) is 0 Å². The summed E-state index contributed by atoms with van der Waals surface area (Å²) in [5, 5.41) is 2.35. The molecule has 0 amide bonds. The number of benzene rings is 2. The van der Waals surface area contributed by atoms with Crippen LogP contribution in [0.3, 0.4) is 0 Å². The van der Waals surface area contributed by atoms with Crippen LogP contribution in [0.2, 0.25) is 39.3 Å². The van der Waals surface area contributed by atoms with Crippen LogP contribution in [0.1, 0.15) is 33.4 Å². The van der Waals surface area contributed by atoms with Gasteiger partial charge in [0.2, 0.25) is 0 Å². The molecule has 0 aromatic heterocycles. The topological polar surface area (TPSA) is 17.1 Å². The third-order valence-corrected chi connectivity index (χ3v) is 10.9. The molecule has 0 radical (unpaired) electrons. The smallest absolute Gasteiger partial charge is 0.178 e. The molecule has 154 valence electrons. The number of allylic oxidation sites excluding steroid dienone is 4. The molecule has 0 heterocycles. The van der Waals surface area contributed by atoms with Crippen molar-refractivity contribution in [2.24, 2.45) is 0 Å². The van der Waals surface area contributed by atoms with Gasteiger partial charge in [-0.1, -0.05) is 75.7 Å². The zero-order chi connectivity index (χ0) is 21.4. The molecule has 5 rings (SSSR count). The summed E-state index contributed by atoms with van der Waals surface area (Å²) in [7, 11) is -3.69. The standard InChI is InChI=1S/C27H32OSi2/c1-29(2,3)26-23-21-15-17-7-8-18-10-12-20(14-13-19(21)11-9-17)22(16-18)24(23)27(25(26)28)30(4,5)6/h9-12,15-16H,7-8,13-14H2,1-6H3. The Labute approximate surface area is 182 Å². The van der Waals surface area contributed by atoms with E-state index in [0.29, 0.717) is 5.78 Å². The first-order valence-electron chi connectivity index (χ1n) is 11.3. The molecule has 0 spiro atoms. The van der Waals surface area contributed by atoms with E-state index in [1.165, 1.54) is 54.9 Å². The van der Waals surface area contributed by atoms with Gasteiger partial charge >= 0.3 is 0 Å². The van der Waals surface area contributed by atoms with Gasteiger partial charge < -0.3 is 0 Å². The van der Waals surface area contributed by atoms with E-state index in [0.717, 1.165) is 25.7 Å². The monoisotopic (exact) mass is 428 g/mol. The van der Waals surface area contributed by atoms with Gasteiger partial charge in [-0.05, 0) is 80.6 Å². The summed E-state index contributed by atoms with van der Waals surface area (Å²) < 4.78 is 0. The van der Waals surface area contributed by atoms with E-state index >= 15 is 0 Å². The predicted octanol–water partition coefficient (Wildman–Crippen LogP) is 6.43. The summed E-state index contributed by atoms with van der Waals surface area (Å²) in [6.45, 7) is 14.1. The second kappa shape index (κ2) is 6.51. The van der Waals surface area contributed by atoms with Crippen molar-refractivity contribution >= 4 is 33.1 Å². The second-order valence-corrected chi connectivity index (χ2v) is 21.3. The highest BCUT2D eigenvalue weighted by molar-refractivity contribution is 6.96. The Balaban J connectivity index is 2.01. The fourth-order valence-electron chi connectivity index (χ4n) is 5.59. The maximum absolute atomic E-state index is 14.1. The van der Waals surface area contributed by atoms with E-state index < -0.39 is 16.1 Å². The Morgan fingerprint density at radius 1 is 0.600 bits per heavy atom. The summed E-state index contributed by atoms with van der Waals surface area (Å²) >= 11 is 0. The first-order valence-corrected chi connectivity index (χ1v) is 18.3. The van der Waals surface area contributed by atoms with Crippen LogP contribution in [0, 0.1) is 0 Å². The fraction of sp³-hybridized carbons (Fsp3) is 0.370. The van der Waals surface area contributed by atoms with Crippen molar-refractivity contribution in [3.05, 3.63) is 80.2 Å². The normalized spacial score (nSPS) is 18.3. The average Bonchev–Trinajstić information content (AvgIpc) is 2.95. The molecule has 2 aromatic carbocycles. The molecule has 0 atom stereocenters. The molecule has 1 nitrogen and oxygen atoms in total. The lowest BCUT2D eigenvalue weighted by molar-refractivity contribution is -0.111. The van der Waals surface area contributed by atoms with Gasteiger partial charge in [-0.25, -0.2) is 0 Å². The van der Waals surface area contributed by atoms with E-state index in [1.807, 2.05) is 0 Å². The SMILES string of the molecule is C[Si](C)(C)C1=C2C(=C([Si](C)(C)C)C1=O)c1cc3ccc1CCc1ccc(cc12)CC3. The molecular weight excluding hydrogens is 396 g/mol. The first kappa shape index (κ1) is 20.0. The first-order chi connectivity index (χ1) is 14.1. The third kappa shape index (κ3) is 2.97. The average molecular weight is 429 g/mol.